The van der Waals surface area contributed by atoms with Gasteiger partial charge in [0.15, 0.2) is 5.43 Å². The highest BCUT2D eigenvalue weighted by Gasteiger charge is 2.16. The molecule has 0 aromatic carbocycles. The maximum atomic E-state index is 12.0. The van der Waals surface area contributed by atoms with Crippen LogP contribution in [-0.4, -0.2) is 35.4 Å². The fraction of sp³-hybridized carbons (Fsp3) is 0.538. The number of aromatic nitrogens is 1. The lowest BCUT2D eigenvalue weighted by Gasteiger charge is -2.21. The molecule has 1 amide bonds. The molecular weight excluding hydrogens is 230 g/mol. The molecule has 3 N–H and O–H groups in total. The van der Waals surface area contributed by atoms with Gasteiger partial charge in [0.2, 0.25) is 0 Å². The Hall–Kier alpha value is -1.62. The van der Waals surface area contributed by atoms with Gasteiger partial charge in [-0.25, -0.2) is 0 Å². The van der Waals surface area contributed by atoms with Gasteiger partial charge in [0.25, 0.3) is 5.91 Å². The number of hydrogen-bond donors (Lipinski definition) is 2. The van der Waals surface area contributed by atoms with Crippen LogP contribution in [0.5, 0.6) is 0 Å². The number of H-pyrrole nitrogens is 1. The molecule has 18 heavy (non-hydrogen) atoms. The summed E-state index contributed by atoms with van der Waals surface area (Å²) in [5, 5.41) is 0. The fourth-order valence-corrected chi connectivity index (χ4v) is 1.57. The van der Waals surface area contributed by atoms with Gasteiger partial charge in [-0.1, -0.05) is 13.8 Å². The van der Waals surface area contributed by atoms with E-state index in [0.717, 1.165) is 6.42 Å². The molecule has 0 bridgehead atoms. The molecule has 0 saturated heterocycles. The third-order valence-electron chi connectivity index (χ3n) is 3.06. The largest absolute Gasteiger partial charge is 0.367 e. The van der Waals surface area contributed by atoms with Crippen LogP contribution in [0.4, 0.5) is 0 Å². The molecule has 100 valence electrons. The summed E-state index contributed by atoms with van der Waals surface area (Å²) in [6.07, 6.45) is 3.67. The number of amides is 1. The van der Waals surface area contributed by atoms with E-state index in [1.807, 2.05) is 13.8 Å². The van der Waals surface area contributed by atoms with Gasteiger partial charge < -0.3 is 15.6 Å². The number of carbonyl (C=O) groups excluding carboxylic acids is 1. The van der Waals surface area contributed by atoms with Crippen molar-refractivity contribution in [1.82, 2.24) is 9.88 Å². The highest BCUT2D eigenvalue weighted by Crippen LogP contribution is 2.05. The molecule has 0 spiro atoms. The predicted molar refractivity (Wildman–Crippen MR) is 71.5 cm³/mol. The second kappa shape index (κ2) is 6.35. The molecule has 0 aliphatic rings. The normalized spacial score (nSPS) is 12.5. The van der Waals surface area contributed by atoms with Gasteiger partial charge in [-0.15, -0.1) is 0 Å². The van der Waals surface area contributed by atoms with Gasteiger partial charge >= 0.3 is 0 Å². The standard InChI is InChI=1S/C13H21N3O2/c1-9(2)11(14)5-7-16(3)13(18)10-8-15-6-4-12(10)17/h4,6,8-9,11H,5,7,14H2,1-3H3,(H,15,17). The quantitative estimate of drug-likeness (QED) is 0.813. The molecule has 0 aliphatic heterocycles. The first-order chi connectivity index (χ1) is 8.43. The zero-order chi connectivity index (χ0) is 13.7. The van der Waals surface area contributed by atoms with E-state index in [4.69, 9.17) is 5.73 Å². The molecule has 0 radical (unpaired) electrons. The number of aromatic amines is 1. The lowest BCUT2D eigenvalue weighted by atomic mass is 10.0. The molecule has 0 saturated carbocycles. The van der Waals surface area contributed by atoms with Crippen LogP contribution in [0, 0.1) is 5.92 Å². The second-order valence-corrected chi connectivity index (χ2v) is 4.85. The average molecular weight is 251 g/mol. The maximum absolute atomic E-state index is 12.0. The van der Waals surface area contributed by atoms with E-state index < -0.39 is 0 Å². The minimum absolute atomic E-state index is 0.0642. The Bertz CT molecular complexity index is 454. The van der Waals surface area contributed by atoms with Crippen LogP contribution >= 0.6 is 0 Å². The van der Waals surface area contributed by atoms with Crippen molar-refractivity contribution in [2.24, 2.45) is 11.7 Å². The van der Waals surface area contributed by atoms with Crippen LogP contribution in [0.15, 0.2) is 23.3 Å². The van der Waals surface area contributed by atoms with Crippen LogP contribution in [0.3, 0.4) is 0 Å². The molecule has 5 heteroatoms. The first-order valence-corrected chi connectivity index (χ1v) is 6.11. The zero-order valence-corrected chi connectivity index (χ0v) is 11.1. The topological polar surface area (TPSA) is 79.2 Å². The van der Waals surface area contributed by atoms with E-state index in [2.05, 4.69) is 4.98 Å². The van der Waals surface area contributed by atoms with E-state index in [1.165, 1.54) is 23.4 Å². The van der Waals surface area contributed by atoms with E-state index in [-0.39, 0.29) is 22.9 Å². The summed E-state index contributed by atoms with van der Waals surface area (Å²) in [5.74, 6) is 0.112. The Morgan fingerprint density at radius 1 is 1.50 bits per heavy atom. The van der Waals surface area contributed by atoms with Gasteiger partial charge in [-0.3, -0.25) is 9.59 Å². The summed E-state index contributed by atoms with van der Waals surface area (Å²) in [5.41, 5.74) is 5.83. The number of rotatable bonds is 5. The molecule has 1 aromatic heterocycles. The van der Waals surface area contributed by atoms with Crippen molar-refractivity contribution >= 4 is 5.91 Å². The number of nitrogens with zero attached hydrogens (tertiary/aromatic N) is 1. The minimum atomic E-state index is -0.271. The van der Waals surface area contributed by atoms with Crippen LogP contribution < -0.4 is 11.2 Å². The van der Waals surface area contributed by atoms with Crippen molar-refractivity contribution in [3.05, 3.63) is 34.2 Å². The summed E-state index contributed by atoms with van der Waals surface area (Å²) in [7, 11) is 1.68. The zero-order valence-electron chi connectivity index (χ0n) is 11.1. The Balaban J connectivity index is 2.63. The summed E-state index contributed by atoms with van der Waals surface area (Å²) in [4.78, 5) is 27.8. The van der Waals surface area contributed by atoms with Crippen molar-refractivity contribution in [1.29, 1.82) is 0 Å². The molecule has 1 unspecified atom stereocenters. The van der Waals surface area contributed by atoms with Gasteiger partial charge in [0.05, 0.1) is 0 Å². The third kappa shape index (κ3) is 3.70. The number of nitrogens with two attached hydrogens (primary N) is 1. The van der Waals surface area contributed by atoms with Crippen molar-refractivity contribution in [2.45, 2.75) is 26.3 Å². The Labute approximate surface area is 107 Å². The highest BCUT2D eigenvalue weighted by atomic mass is 16.2. The SMILES string of the molecule is CC(C)C(N)CCN(C)C(=O)c1c[nH]ccc1=O. The molecular formula is C13H21N3O2. The van der Waals surface area contributed by atoms with E-state index in [0.29, 0.717) is 12.5 Å². The van der Waals surface area contributed by atoms with Crippen molar-refractivity contribution in [2.75, 3.05) is 13.6 Å². The van der Waals surface area contributed by atoms with Crippen molar-refractivity contribution in [3.63, 3.8) is 0 Å². The van der Waals surface area contributed by atoms with Crippen molar-refractivity contribution in [3.8, 4) is 0 Å². The van der Waals surface area contributed by atoms with Crippen LogP contribution in [0.1, 0.15) is 30.6 Å². The predicted octanol–water partition coefficient (Wildman–Crippen LogP) is 0.820. The molecule has 0 fully saturated rings. The van der Waals surface area contributed by atoms with Gasteiger partial charge in [-0.2, -0.15) is 0 Å². The number of nitrogens with one attached hydrogen (secondary N) is 1. The minimum Gasteiger partial charge on any atom is -0.367 e. The van der Waals surface area contributed by atoms with Crippen LogP contribution in [0.2, 0.25) is 0 Å². The summed E-state index contributed by atoms with van der Waals surface area (Å²) < 4.78 is 0. The molecule has 5 nitrogen and oxygen atoms in total. The van der Waals surface area contributed by atoms with Crippen LogP contribution in [-0.2, 0) is 0 Å². The summed E-state index contributed by atoms with van der Waals surface area (Å²) in [6, 6.07) is 1.41. The summed E-state index contributed by atoms with van der Waals surface area (Å²) in [6.45, 7) is 4.65. The Morgan fingerprint density at radius 2 is 2.17 bits per heavy atom. The Kier molecular flexibility index (Phi) is 5.09. The summed E-state index contributed by atoms with van der Waals surface area (Å²) >= 11 is 0. The van der Waals surface area contributed by atoms with E-state index in [1.54, 1.807) is 7.05 Å². The molecule has 0 aliphatic carbocycles. The van der Waals surface area contributed by atoms with Gasteiger partial charge in [-0.05, 0) is 12.3 Å². The average Bonchev–Trinajstić information content (AvgIpc) is 2.35. The number of hydrogen-bond acceptors (Lipinski definition) is 3. The number of pyridine rings is 1. The van der Waals surface area contributed by atoms with Crippen LogP contribution in [0.25, 0.3) is 0 Å². The maximum Gasteiger partial charge on any atom is 0.259 e. The van der Waals surface area contributed by atoms with Gasteiger partial charge in [0, 0.05) is 38.1 Å². The highest BCUT2D eigenvalue weighted by molar-refractivity contribution is 5.93. The van der Waals surface area contributed by atoms with E-state index >= 15 is 0 Å². The van der Waals surface area contributed by atoms with Gasteiger partial charge in [0.1, 0.15) is 5.56 Å². The third-order valence-corrected chi connectivity index (χ3v) is 3.06. The molecule has 1 rings (SSSR count). The number of carbonyl (C=O) groups is 1. The molecule has 1 atom stereocenters. The van der Waals surface area contributed by atoms with Crippen molar-refractivity contribution < 1.29 is 4.79 Å². The fourth-order valence-electron chi connectivity index (χ4n) is 1.57. The first-order valence-electron chi connectivity index (χ1n) is 6.11. The second-order valence-electron chi connectivity index (χ2n) is 4.85. The lowest BCUT2D eigenvalue weighted by molar-refractivity contribution is 0.0787. The Morgan fingerprint density at radius 3 is 2.72 bits per heavy atom. The molecule has 1 heterocycles. The molecule has 1 aromatic rings. The monoisotopic (exact) mass is 251 g/mol. The van der Waals surface area contributed by atoms with E-state index in [9.17, 15) is 9.59 Å². The lowest BCUT2D eigenvalue weighted by Crippen LogP contribution is -2.36. The smallest absolute Gasteiger partial charge is 0.259 e. The first kappa shape index (κ1) is 14.4.